The molecular formula is C13H19NO3. The molecule has 0 spiro atoms. The van der Waals surface area contributed by atoms with Crippen molar-refractivity contribution >= 4 is 11.7 Å². The van der Waals surface area contributed by atoms with Gasteiger partial charge >= 0.3 is 5.97 Å². The van der Waals surface area contributed by atoms with Crippen molar-refractivity contribution in [3.8, 4) is 5.75 Å². The average molecular weight is 237 g/mol. The summed E-state index contributed by atoms with van der Waals surface area (Å²) >= 11 is 0. The van der Waals surface area contributed by atoms with Crippen molar-refractivity contribution < 1.29 is 14.3 Å². The molecule has 2 N–H and O–H groups in total. The molecule has 0 heterocycles. The van der Waals surface area contributed by atoms with Gasteiger partial charge in [0.2, 0.25) is 0 Å². The predicted molar refractivity (Wildman–Crippen MR) is 67.1 cm³/mol. The minimum Gasteiger partial charge on any atom is -0.495 e. The molecular weight excluding hydrogens is 218 g/mol. The van der Waals surface area contributed by atoms with Gasteiger partial charge in [-0.05, 0) is 30.5 Å². The van der Waals surface area contributed by atoms with Crippen LogP contribution in [0.2, 0.25) is 0 Å². The van der Waals surface area contributed by atoms with Crippen LogP contribution in [0.1, 0.15) is 30.6 Å². The van der Waals surface area contributed by atoms with E-state index in [9.17, 15) is 4.79 Å². The van der Waals surface area contributed by atoms with E-state index in [1.165, 1.54) is 7.11 Å². The molecule has 0 fully saturated rings. The molecule has 0 saturated heterocycles. The van der Waals surface area contributed by atoms with Gasteiger partial charge in [-0.2, -0.15) is 0 Å². The van der Waals surface area contributed by atoms with Crippen molar-refractivity contribution in [2.75, 3.05) is 19.5 Å². The fourth-order valence-electron chi connectivity index (χ4n) is 1.33. The number of nitrogen functional groups attached to an aromatic ring is 1. The maximum atomic E-state index is 11.7. The number of hydrogen-bond donors (Lipinski definition) is 1. The van der Waals surface area contributed by atoms with Crippen molar-refractivity contribution in [1.82, 2.24) is 0 Å². The largest absolute Gasteiger partial charge is 0.495 e. The minimum absolute atomic E-state index is 0.347. The Labute approximate surface area is 102 Å². The van der Waals surface area contributed by atoms with Gasteiger partial charge in [-0.25, -0.2) is 4.79 Å². The van der Waals surface area contributed by atoms with Crippen LogP contribution in [0.15, 0.2) is 18.2 Å². The van der Waals surface area contributed by atoms with E-state index in [1.54, 1.807) is 18.2 Å². The molecule has 1 aromatic rings. The van der Waals surface area contributed by atoms with E-state index in [0.717, 1.165) is 6.42 Å². The summed E-state index contributed by atoms with van der Waals surface area (Å²) in [4.78, 5) is 11.7. The van der Waals surface area contributed by atoms with Crippen LogP contribution < -0.4 is 10.5 Å². The maximum Gasteiger partial charge on any atom is 0.338 e. The molecule has 94 valence electrons. The molecule has 1 rings (SSSR count). The van der Waals surface area contributed by atoms with Gasteiger partial charge in [0.25, 0.3) is 0 Å². The first-order valence-electron chi connectivity index (χ1n) is 5.65. The number of rotatable bonds is 5. The Kier molecular flexibility index (Phi) is 4.82. The van der Waals surface area contributed by atoms with Gasteiger partial charge in [0.15, 0.2) is 0 Å². The van der Waals surface area contributed by atoms with Gasteiger partial charge in [0.1, 0.15) is 5.75 Å². The number of anilines is 1. The molecule has 0 aliphatic carbocycles. The summed E-state index contributed by atoms with van der Waals surface area (Å²) in [5.74, 6) is 0.729. The van der Waals surface area contributed by atoms with Crippen LogP contribution in [0.3, 0.4) is 0 Å². The number of ether oxygens (including phenoxy) is 2. The normalized spacial score (nSPS) is 10.4. The van der Waals surface area contributed by atoms with Crippen molar-refractivity contribution in [2.45, 2.75) is 20.3 Å². The highest BCUT2D eigenvalue weighted by Crippen LogP contribution is 2.22. The molecule has 4 nitrogen and oxygen atoms in total. The minimum atomic E-state index is -0.347. The highest BCUT2D eigenvalue weighted by atomic mass is 16.5. The SMILES string of the molecule is COc1ccc(C(=O)OCCC(C)C)cc1N. The first kappa shape index (κ1) is 13.4. The highest BCUT2D eigenvalue weighted by Gasteiger charge is 2.09. The smallest absolute Gasteiger partial charge is 0.338 e. The standard InChI is InChI=1S/C13H19NO3/c1-9(2)6-7-17-13(15)10-4-5-12(16-3)11(14)8-10/h4-5,8-9H,6-7,14H2,1-3H3. The number of carbonyl (C=O) groups excluding carboxylic acids is 1. The van der Waals surface area contributed by atoms with Crippen molar-refractivity contribution in [3.05, 3.63) is 23.8 Å². The molecule has 0 radical (unpaired) electrons. The topological polar surface area (TPSA) is 61.5 Å². The van der Waals surface area contributed by atoms with Crippen LogP contribution in [0.25, 0.3) is 0 Å². The zero-order valence-electron chi connectivity index (χ0n) is 10.5. The van der Waals surface area contributed by atoms with E-state index >= 15 is 0 Å². The molecule has 0 bridgehead atoms. The van der Waals surface area contributed by atoms with Gasteiger partial charge in [-0.15, -0.1) is 0 Å². The van der Waals surface area contributed by atoms with Crippen LogP contribution in [0, 0.1) is 5.92 Å². The van der Waals surface area contributed by atoms with E-state index in [0.29, 0.717) is 29.5 Å². The number of methoxy groups -OCH3 is 1. The first-order chi connectivity index (χ1) is 8.04. The van der Waals surface area contributed by atoms with Gasteiger partial charge in [0.05, 0.1) is 25.0 Å². The third-order valence-corrected chi connectivity index (χ3v) is 2.39. The molecule has 17 heavy (non-hydrogen) atoms. The molecule has 0 saturated carbocycles. The molecule has 0 atom stereocenters. The summed E-state index contributed by atoms with van der Waals surface area (Å²) in [7, 11) is 1.53. The fraction of sp³-hybridized carbons (Fsp3) is 0.462. The summed E-state index contributed by atoms with van der Waals surface area (Å²) in [6.07, 6.45) is 0.859. The summed E-state index contributed by atoms with van der Waals surface area (Å²) < 4.78 is 10.1. The molecule has 0 aliphatic heterocycles. The quantitative estimate of drug-likeness (QED) is 0.631. The number of benzene rings is 1. The number of nitrogens with two attached hydrogens (primary N) is 1. The lowest BCUT2D eigenvalue weighted by molar-refractivity contribution is 0.0488. The second kappa shape index (κ2) is 6.13. The van der Waals surface area contributed by atoms with Gasteiger partial charge in [-0.3, -0.25) is 0 Å². The Balaban J connectivity index is 2.60. The lowest BCUT2D eigenvalue weighted by Gasteiger charge is -2.08. The summed E-state index contributed by atoms with van der Waals surface area (Å²) in [6.45, 7) is 4.60. The molecule has 0 amide bonds. The number of esters is 1. The van der Waals surface area contributed by atoms with Gasteiger partial charge in [-0.1, -0.05) is 13.8 Å². The number of carbonyl (C=O) groups is 1. The lowest BCUT2D eigenvalue weighted by Crippen LogP contribution is -2.08. The molecule has 0 unspecified atom stereocenters. The highest BCUT2D eigenvalue weighted by molar-refractivity contribution is 5.91. The van der Waals surface area contributed by atoms with E-state index in [2.05, 4.69) is 13.8 Å². The Morgan fingerprint density at radius 1 is 1.41 bits per heavy atom. The third-order valence-electron chi connectivity index (χ3n) is 2.39. The molecule has 1 aromatic carbocycles. The molecule has 0 aromatic heterocycles. The van der Waals surface area contributed by atoms with Crippen LogP contribution >= 0.6 is 0 Å². The molecule has 4 heteroatoms. The van der Waals surface area contributed by atoms with Crippen molar-refractivity contribution in [3.63, 3.8) is 0 Å². The summed E-state index contributed by atoms with van der Waals surface area (Å²) in [6, 6.07) is 4.87. The summed E-state index contributed by atoms with van der Waals surface area (Å²) in [5, 5.41) is 0. The van der Waals surface area contributed by atoms with Crippen LogP contribution in [0.5, 0.6) is 5.75 Å². The Morgan fingerprint density at radius 2 is 2.12 bits per heavy atom. The van der Waals surface area contributed by atoms with E-state index in [1.807, 2.05) is 0 Å². The van der Waals surface area contributed by atoms with E-state index in [4.69, 9.17) is 15.2 Å². The molecule has 0 aliphatic rings. The Morgan fingerprint density at radius 3 is 2.65 bits per heavy atom. The second-order valence-corrected chi connectivity index (χ2v) is 4.28. The Hall–Kier alpha value is -1.71. The average Bonchev–Trinajstić information content (AvgIpc) is 2.28. The monoisotopic (exact) mass is 237 g/mol. The maximum absolute atomic E-state index is 11.7. The predicted octanol–water partition coefficient (Wildman–Crippen LogP) is 2.48. The lowest BCUT2D eigenvalue weighted by atomic mass is 10.1. The Bertz CT molecular complexity index is 388. The third kappa shape index (κ3) is 3.98. The zero-order valence-corrected chi connectivity index (χ0v) is 10.5. The number of hydrogen-bond acceptors (Lipinski definition) is 4. The van der Waals surface area contributed by atoms with Crippen molar-refractivity contribution in [1.29, 1.82) is 0 Å². The van der Waals surface area contributed by atoms with Gasteiger partial charge < -0.3 is 15.2 Å². The second-order valence-electron chi connectivity index (χ2n) is 4.28. The summed E-state index contributed by atoms with van der Waals surface area (Å²) in [5.41, 5.74) is 6.60. The van der Waals surface area contributed by atoms with Crippen molar-refractivity contribution in [2.24, 2.45) is 5.92 Å². The van der Waals surface area contributed by atoms with E-state index < -0.39 is 0 Å². The van der Waals surface area contributed by atoms with Crippen LogP contribution in [0.4, 0.5) is 5.69 Å². The van der Waals surface area contributed by atoms with Crippen LogP contribution in [-0.2, 0) is 4.74 Å². The van der Waals surface area contributed by atoms with Crippen LogP contribution in [-0.4, -0.2) is 19.7 Å². The fourth-order valence-corrected chi connectivity index (χ4v) is 1.33. The van der Waals surface area contributed by atoms with Gasteiger partial charge in [0, 0.05) is 0 Å². The zero-order chi connectivity index (χ0) is 12.8. The van der Waals surface area contributed by atoms with E-state index in [-0.39, 0.29) is 5.97 Å². The first-order valence-corrected chi connectivity index (χ1v) is 5.65.